The van der Waals surface area contributed by atoms with Crippen molar-refractivity contribution in [1.29, 1.82) is 0 Å². The first-order chi connectivity index (χ1) is 7.28. The van der Waals surface area contributed by atoms with Gasteiger partial charge in [-0.3, -0.25) is 4.90 Å². The molecule has 0 bridgehead atoms. The second-order valence-corrected chi connectivity index (χ2v) is 4.66. The molecule has 0 aromatic rings. The van der Waals surface area contributed by atoms with Crippen molar-refractivity contribution < 1.29 is 14.3 Å². The molecular weight excluding hydrogens is 194 g/mol. The summed E-state index contributed by atoms with van der Waals surface area (Å²) in [5.41, 5.74) is -0.247. The molecule has 0 aliphatic carbocycles. The molecule has 0 saturated carbocycles. The maximum Gasteiger partial charge on any atom is 0.129 e. The van der Waals surface area contributed by atoms with Crippen molar-refractivity contribution in [3.8, 4) is 0 Å². The molecule has 0 radical (unpaired) electrons. The highest BCUT2D eigenvalue weighted by Crippen LogP contribution is 2.28. The average molecular weight is 213 g/mol. The molecule has 4 nitrogen and oxygen atoms in total. The molecule has 0 N–H and O–H groups in total. The Balaban J connectivity index is 1.88. The monoisotopic (exact) mass is 213 g/mol. The number of hydrogen-bond acceptors (Lipinski definition) is 4. The van der Waals surface area contributed by atoms with Crippen molar-refractivity contribution in [2.24, 2.45) is 5.41 Å². The molecule has 0 aromatic carbocycles. The zero-order valence-corrected chi connectivity index (χ0v) is 9.28. The molecule has 0 aromatic heterocycles. The molecule has 0 amide bonds. The smallest absolute Gasteiger partial charge is 0.129 e. The van der Waals surface area contributed by atoms with Crippen LogP contribution in [0, 0.1) is 5.41 Å². The minimum Gasteiger partial charge on any atom is -0.380 e. The molecule has 2 fully saturated rings. The van der Waals surface area contributed by atoms with Crippen molar-refractivity contribution in [3.63, 3.8) is 0 Å². The van der Waals surface area contributed by atoms with Crippen LogP contribution in [-0.2, 0) is 14.3 Å². The van der Waals surface area contributed by atoms with Crippen LogP contribution in [0.5, 0.6) is 0 Å². The van der Waals surface area contributed by atoms with E-state index in [4.69, 9.17) is 9.47 Å². The van der Waals surface area contributed by atoms with Gasteiger partial charge in [0.05, 0.1) is 18.1 Å². The van der Waals surface area contributed by atoms with Gasteiger partial charge in [-0.25, -0.2) is 0 Å². The van der Waals surface area contributed by atoms with Crippen molar-refractivity contribution >= 4 is 6.29 Å². The summed E-state index contributed by atoms with van der Waals surface area (Å²) >= 11 is 0. The molecule has 86 valence electrons. The van der Waals surface area contributed by atoms with Gasteiger partial charge in [0.25, 0.3) is 0 Å². The molecule has 15 heavy (non-hydrogen) atoms. The standard InChI is InChI=1S/C11H19NO3/c1-14-10-2-4-12(6-10)7-11(8-13)3-5-15-9-11/h8,10H,2-7,9H2,1H3. The minimum atomic E-state index is -0.247. The van der Waals surface area contributed by atoms with Gasteiger partial charge in [0.1, 0.15) is 6.29 Å². The summed E-state index contributed by atoms with van der Waals surface area (Å²) in [4.78, 5) is 13.4. The maximum absolute atomic E-state index is 11.1. The SMILES string of the molecule is COC1CCN(CC2(C=O)CCOC2)C1. The molecule has 2 saturated heterocycles. The van der Waals surface area contributed by atoms with Gasteiger partial charge >= 0.3 is 0 Å². The van der Waals surface area contributed by atoms with Gasteiger partial charge in [0.2, 0.25) is 0 Å². The van der Waals surface area contributed by atoms with Crippen molar-refractivity contribution in [3.05, 3.63) is 0 Å². The summed E-state index contributed by atoms with van der Waals surface area (Å²) in [6.45, 7) is 4.13. The quantitative estimate of drug-likeness (QED) is 0.630. The number of carbonyl (C=O) groups is 1. The Hall–Kier alpha value is -0.450. The Morgan fingerprint density at radius 1 is 1.67 bits per heavy atom. The number of carbonyl (C=O) groups excluding carboxylic acids is 1. The van der Waals surface area contributed by atoms with Gasteiger partial charge in [-0.15, -0.1) is 0 Å². The van der Waals surface area contributed by atoms with E-state index in [1.807, 2.05) is 0 Å². The Morgan fingerprint density at radius 3 is 3.07 bits per heavy atom. The van der Waals surface area contributed by atoms with E-state index in [1.54, 1.807) is 7.11 Å². The first-order valence-corrected chi connectivity index (χ1v) is 5.57. The second-order valence-electron chi connectivity index (χ2n) is 4.66. The lowest BCUT2D eigenvalue weighted by atomic mass is 9.89. The molecule has 0 spiro atoms. The zero-order chi connectivity index (χ0) is 10.7. The first kappa shape index (κ1) is 11.0. The Morgan fingerprint density at radius 2 is 2.53 bits per heavy atom. The number of methoxy groups -OCH3 is 1. The van der Waals surface area contributed by atoms with Gasteiger partial charge in [-0.05, 0) is 12.8 Å². The first-order valence-electron chi connectivity index (χ1n) is 5.57. The maximum atomic E-state index is 11.1. The molecule has 2 rings (SSSR count). The highest BCUT2D eigenvalue weighted by Gasteiger charge is 2.38. The van der Waals surface area contributed by atoms with Crippen LogP contribution in [0.15, 0.2) is 0 Å². The highest BCUT2D eigenvalue weighted by molar-refractivity contribution is 5.60. The van der Waals surface area contributed by atoms with Gasteiger partial charge < -0.3 is 14.3 Å². The third-order valence-electron chi connectivity index (χ3n) is 3.48. The van der Waals surface area contributed by atoms with Crippen LogP contribution in [0.2, 0.25) is 0 Å². The molecule has 2 heterocycles. The highest BCUT2D eigenvalue weighted by atomic mass is 16.5. The van der Waals surface area contributed by atoms with Gasteiger partial charge in [-0.2, -0.15) is 0 Å². The molecule has 2 atom stereocenters. The van der Waals surface area contributed by atoms with E-state index in [2.05, 4.69) is 4.90 Å². The van der Waals surface area contributed by atoms with E-state index in [0.29, 0.717) is 12.7 Å². The summed E-state index contributed by atoms with van der Waals surface area (Å²) in [7, 11) is 1.75. The molecular formula is C11H19NO3. The lowest BCUT2D eigenvalue weighted by Crippen LogP contribution is -2.38. The fraction of sp³-hybridized carbons (Fsp3) is 0.909. The van der Waals surface area contributed by atoms with Crippen LogP contribution in [0.3, 0.4) is 0 Å². The molecule has 2 aliphatic heterocycles. The number of nitrogens with zero attached hydrogens (tertiary/aromatic N) is 1. The van der Waals surface area contributed by atoms with E-state index in [-0.39, 0.29) is 5.41 Å². The summed E-state index contributed by atoms with van der Waals surface area (Å²) in [5.74, 6) is 0. The summed E-state index contributed by atoms with van der Waals surface area (Å²) in [6.07, 6.45) is 3.37. The van der Waals surface area contributed by atoms with Crippen LogP contribution >= 0.6 is 0 Å². The number of rotatable bonds is 4. The van der Waals surface area contributed by atoms with Crippen LogP contribution in [0.4, 0.5) is 0 Å². The van der Waals surface area contributed by atoms with Crippen LogP contribution in [0.25, 0.3) is 0 Å². The third kappa shape index (κ3) is 2.38. The largest absolute Gasteiger partial charge is 0.380 e. The van der Waals surface area contributed by atoms with Crippen LogP contribution < -0.4 is 0 Å². The molecule has 2 unspecified atom stereocenters. The number of ether oxygens (including phenoxy) is 2. The minimum absolute atomic E-state index is 0.247. The van der Waals surface area contributed by atoms with Crippen LogP contribution in [0.1, 0.15) is 12.8 Å². The number of aldehydes is 1. The summed E-state index contributed by atoms with van der Waals surface area (Å²) < 4.78 is 10.6. The fourth-order valence-corrected chi connectivity index (χ4v) is 2.46. The van der Waals surface area contributed by atoms with E-state index in [1.165, 1.54) is 0 Å². The van der Waals surface area contributed by atoms with E-state index < -0.39 is 0 Å². The van der Waals surface area contributed by atoms with E-state index >= 15 is 0 Å². The molecule has 4 heteroatoms. The Bertz CT molecular complexity index is 226. The topological polar surface area (TPSA) is 38.8 Å². The number of hydrogen-bond donors (Lipinski definition) is 0. The number of likely N-dealkylation sites (tertiary alicyclic amines) is 1. The predicted octanol–water partition coefficient (Wildman–Crippen LogP) is 0.313. The Labute approximate surface area is 90.5 Å². The molecule has 2 aliphatic rings. The average Bonchev–Trinajstić information content (AvgIpc) is 2.88. The van der Waals surface area contributed by atoms with Crippen molar-refractivity contribution in [1.82, 2.24) is 4.90 Å². The fourth-order valence-electron chi connectivity index (χ4n) is 2.46. The van der Waals surface area contributed by atoms with Crippen molar-refractivity contribution in [2.75, 3.05) is 40.0 Å². The zero-order valence-electron chi connectivity index (χ0n) is 9.28. The normalized spacial score (nSPS) is 37.3. The summed E-state index contributed by atoms with van der Waals surface area (Å²) in [5, 5.41) is 0. The van der Waals surface area contributed by atoms with Crippen molar-refractivity contribution in [2.45, 2.75) is 18.9 Å². The second kappa shape index (κ2) is 4.60. The van der Waals surface area contributed by atoms with Gasteiger partial charge in [0.15, 0.2) is 0 Å². The third-order valence-corrected chi connectivity index (χ3v) is 3.48. The van der Waals surface area contributed by atoms with Gasteiger partial charge in [-0.1, -0.05) is 0 Å². The Kier molecular flexibility index (Phi) is 3.38. The van der Waals surface area contributed by atoms with E-state index in [0.717, 1.165) is 45.4 Å². The van der Waals surface area contributed by atoms with Gasteiger partial charge in [0, 0.05) is 33.4 Å². The summed E-state index contributed by atoms with van der Waals surface area (Å²) in [6, 6.07) is 0. The van der Waals surface area contributed by atoms with E-state index in [9.17, 15) is 4.79 Å². The predicted molar refractivity (Wildman–Crippen MR) is 55.8 cm³/mol. The lowest BCUT2D eigenvalue weighted by Gasteiger charge is -2.26. The lowest BCUT2D eigenvalue weighted by molar-refractivity contribution is -0.117. The van der Waals surface area contributed by atoms with Crippen LogP contribution in [-0.4, -0.2) is 57.2 Å².